The Morgan fingerprint density at radius 1 is 0.625 bits per heavy atom. The average molecular weight is 316 g/mol. The Morgan fingerprint density at radius 3 is 1.29 bits per heavy atom. The summed E-state index contributed by atoms with van der Waals surface area (Å²) in [4.78, 5) is 0. The first kappa shape index (κ1) is 19.4. The molecule has 3 rings (SSSR count). The lowest BCUT2D eigenvalue weighted by Crippen LogP contribution is -1.84. The molecule has 0 heterocycles. The minimum absolute atomic E-state index is 1.27. The van der Waals surface area contributed by atoms with E-state index in [0.29, 0.717) is 0 Å². The second kappa shape index (κ2) is 11.0. The minimum Gasteiger partial charge on any atom is -0.103 e. The summed E-state index contributed by atoms with van der Waals surface area (Å²) in [6.07, 6.45) is 1.75. The quantitative estimate of drug-likeness (QED) is 0.428. The van der Waals surface area contributed by atoms with Crippen LogP contribution in [-0.2, 0) is 0 Å². The van der Waals surface area contributed by atoms with Gasteiger partial charge in [-0.05, 0) is 47.7 Å². The molecule has 24 heavy (non-hydrogen) atoms. The maximum atomic E-state index is 3.36. The molecule has 3 aromatic carbocycles. The number of benzene rings is 3. The normalized spacial score (nSPS) is 9.00. The lowest BCUT2D eigenvalue weighted by atomic mass is 9.97. The van der Waals surface area contributed by atoms with Crippen molar-refractivity contribution in [2.24, 2.45) is 0 Å². The molecule has 0 aromatic heterocycles. The van der Waals surface area contributed by atoms with Crippen LogP contribution in [-0.4, -0.2) is 0 Å². The molecule has 0 atom stereocenters. The number of hydrogen-bond donors (Lipinski definition) is 0. The van der Waals surface area contributed by atoms with E-state index in [0.717, 1.165) is 0 Å². The van der Waals surface area contributed by atoms with Crippen molar-refractivity contribution in [2.75, 3.05) is 0 Å². The van der Waals surface area contributed by atoms with Crippen LogP contribution in [0.4, 0.5) is 0 Å². The van der Waals surface area contributed by atoms with Gasteiger partial charge < -0.3 is 0 Å². The van der Waals surface area contributed by atoms with Crippen molar-refractivity contribution in [3.63, 3.8) is 0 Å². The van der Waals surface area contributed by atoms with E-state index < -0.39 is 0 Å². The van der Waals surface area contributed by atoms with E-state index >= 15 is 0 Å². The van der Waals surface area contributed by atoms with Gasteiger partial charge in [0.2, 0.25) is 0 Å². The van der Waals surface area contributed by atoms with E-state index in [9.17, 15) is 0 Å². The summed E-state index contributed by atoms with van der Waals surface area (Å²) in [6, 6.07) is 27.8. The second-order valence-electron chi connectivity index (χ2n) is 5.23. The fourth-order valence-corrected chi connectivity index (χ4v) is 2.38. The molecule has 3 aromatic rings. The maximum absolute atomic E-state index is 3.36. The van der Waals surface area contributed by atoms with Gasteiger partial charge in [-0.2, -0.15) is 0 Å². The molecule has 0 heteroatoms. The molecular formula is C24H28. The highest BCUT2D eigenvalue weighted by Crippen LogP contribution is 2.27. The van der Waals surface area contributed by atoms with Crippen molar-refractivity contribution in [2.45, 2.75) is 27.7 Å². The summed E-state index contributed by atoms with van der Waals surface area (Å²) in [6.45, 7) is 11.4. The van der Waals surface area contributed by atoms with Crippen LogP contribution in [0.3, 0.4) is 0 Å². The molecule has 0 N–H and O–H groups in total. The number of aryl methyl sites for hydroxylation is 1. The topological polar surface area (TPSA) is 0 Å². The van der Waals surface area contributed by atoms with Crippen LogP contribution in [0.1, 0.15) is 26.3 Å². The lowest BCUT2D eigenvalue weighted by Gasteiger charge is -2.08. The lowest BCUT2D eigenvalue weighted by molar-refractivity contribution is 1.46. The Labute approximate surface area is 147 Å². The third-order valence-electron chi connectivity index (χ3n) is 3.29. The largest absolute Gasteiger partial charge is 0.103 e. The predicted molar refractivity (Wildman–Crippen MR) is 109 cm³/mol. The summed E-state index contributed by atoms with van der Waals surface area (Å²) < 4.78 is 0. The van der Waals surface area contributed by atoms with Crippen molar-refractivity contribution in [3.8, 4) is 22.3 Å². The van der Waals surface area contributed by atoms with Crippen LogP contribution in [0.5, 0.6) is 0 Å². The van der Waals surface area contributed by atoms with Gasteiger partial charge in [0.15, 0.2) is 0 Å². The third kappa shape index (κ3) is 5.89. The molecule has 0 amide bonds. The Balaban J connectivity index is 0.000000521. The SMILES string of the molecule is C=CC.CC.Cc1cc(-c2ccccc2)cc(-c2ccccc2)c1. The Morgan fingerprint density at radius 2 is 0.958 bits per heavy atom. The van der Waals surface area contributed by atoms with E-state index in [-0.39, 0.29) is 0 Å². The van der Waals surface area contributed by atoms with Crippen molar-refractivity contribution in [3.05, 3.63) is 97.1 Å². The monoisotopic (exact) mass is 316 g/mol. The highest BCUT2D eigenvalue weighted by Gasteiger charge is 2.02. The van der Waals surface area contributed by atoms with Crippen LogP contribution in [0.2, 0.25) is 0 Å². The van der Waals surface area contributed by atoms with E-state index in [2.05, 4.69) is 92.4 Å². The van der Waals surface area contributed by atoms with Gasteiger partial charge in [-0.15, -0.1) is 6.58 Å². The molecule has 0 fully saturated rings. The molecule has 124 valence electrons. The molecule has 0 saturated carbocycles. The molecule has 0 spiro atoms. The highest BCUT2D eigenvalue weighted by molar-refractivity contribution is 5.74. The fourth-order valence-electron chi connectivity index (χ4n) is 2.38. The van der Waals surface area contributed by atoms with Crippen LogP contribution in [0.25, 0.3) is 22.3 Å². The summed E-state index contributed by atoms with van der Waals surface area (Å²) >= 11 is 0. The molecule has 0 bridgehead atoms. The Bertz CT molecular complexity index is 652. The first-order valence-corrected chi connectivity index (χ1v) is 8.54. The van der Waals surface area contributed by atoms with Gasteiger partial charge in [-0.25, -0.2) is 0 Å². The van der Waals surface area contributed by atoms with Gasteiger partial charge in [0.1, 0.15) is 0 Å². The molecule has 0 unspecified atom stereocenters. The molecule has 0 saturated heterocycles. The molecule has 0 nitrogen and oxygen atoms in total. The molecule has 0 radical (unpaired) electrons. The second-order valence-corrected chi connectivity index (χ2v) is 5.23. The molecular weight excluding hydrogens is 288 g/mol. The van der Waals surface area contributed by atoms with Crippen LogP contribution < -0.4 is 0 Å². The maximum Gasteiger partial charge on any atom is -0.0175 e. The predicted octanol–water partition coefficient (Wildman–Crippen LogP) is 7.55. The molecule has 0 aliphatic carbocycles. The van der Waals surface area contributed by atoms with Gasteiger partial charge in [-0.3, -0.25) is 0 Å². The third-order valence-corrected chi connectivity index (χ3v) is 3.29. The van der Waals surface area contributed by atoms with Crippen molar-refractivity contribution >= 4 is 0 Å². The zero-order valence-electron chi connectivity index (χ0n) is 15.3. The van der Waals surface area contributed by atoms with Crippen molar-refractivity contribution in [1.29, 1.82) is 0 Å². The van der Waals surface area contributed by atoms with Crippen LogP contribution >= 0.6 is 0 Å². The molecule has 0 aliphatic rings. The summed E-state index contributed by atoms with van der Waals surface area (Å²) in [7, 11) is 0. The van der Waals surface area contributed by atoms with E-state index in [1.807, 2.05) is 20.8 Å². The van der Waals surface area contributed by atoms with Gasteiger partial charge in [0.05, 0.1) is 0 Å². The molecule has 0 aliphatic heterocycles. The number of rotatable bonds is 2. The number of hydrogen-bond acceptors (Lipinski definition) is 0. The van der Waals surface area contributed by atoms with Gasteiger partial charge in [0.25, 0.3) is 0 Å². The van der Waals surface area contributed by atoms with E-state index in [4.69, 9.17) is 0 Å². The summed E-state index contributed by atoms with van der Waals surface area (Å²) in [5, 5.41) is 0. The minimum atomic E-state index is 1.27. The average Bonchev–Trinajstić information content (AvgIpc) is 2.65. The van der Waals surface area contributed by atoms with Gasteiger partial charge in [0, 0.05) is 0 Å². The van der Waals surface area contributed by atoms with Crippen molar-refractivity contribution in [1.82, 2.24) is 0 Å². The van der Waals surface area contributed by atoms with Gasteiger partial charge in [-0.1, -0.05) is 92.7 Å². The van der Waals surface area contributed by atoms with Crippen LogP contribution in [0.15, 0.2) is 91.5 Å². The van der Waals surface area contributed by atoms with E-state index in [1.165, 1.54) is 27.8 Å². The summed E-state index contributed by atoms with van der Waals surface area (Å²) in [5.74, 6) is 0. The van der Waals surface area contributed by atoms with Crippen LogP contribution in [0, 0.1) is 6.92 Å². The zero-order valence-corrected chi connectivity index (χ0v) is 15.3. The van der Waals surface area contributed by atoms with Crippen molar-refractivity contribution < 1.29 is 0 Å². The fraction of sp³-hybridized carbons (Fsp3) is 0.167. The first-order valence-electron chi connectivity index (χ1n) is 8.54. The Hall–Kier alpha value is -2.60. The Kier molecular flexibility index (Phi) is 8.93. The number of allylic oxidation sites excluding steroid dienone is 1. The van der Waals surface area contributed by atoms with Gasteiger partial charge >= 0.3 is 0 Å². The zero-order chi connectivity index (χ0) is 17.8. The van der Waals surface area contributed by atoms with E-state index in [1.54, 1.807) is 6.08 Å². The standard InChI is InChI=1S/C19H16.C3H6.C2H6/c1-15-12-18(16-8-4-2-5-9-16)14-19(13-15)17-10-6-3-7-11-17;1-3-2;1-2/h2-14H,1H3;3H,1H2,2H3;1-2H3. The summed E-state index contributed by atoms with van der Waals surface area (Å²) in [5.41, 5.74) is 6.38. The highest BCUT2D eigenvalue weighted by atomic mass is 14.1. The smallest absolute Gasteiger partial charge is 0.0175 e. The first-order chi connectivity index (χ1) is 11.7.